The summed E-state index contributed by atoms with van der Waals surface area (Å²) in [6, 6.07) is 2.01. The molecule has 1 aromatic heterocycles. The van der Waals surface area contributed by atoms with Gasteiger partial charge in [-0.05, 0) is 31.7 Å². The van der Waals surface area contributed by atoms with Crippen LogP contribution in [0.25, 0.3) is 0 Å². The van der Waals surface area contributed by atoms with Crippen LogP contribution in [0.2, 0.25) is 0 Å². The zero-order chi connectivity index (χ0) is 13.1. The van der Waals surface area contributed by atoms with Crippen molar-refractivity contribution in [3.8, 4) is 0 Å². The van der Waals surface area contributed by atoms with Gasteiger partial charge in [0.25, 0.3) is 0 Å². The number of nitrogens with zero attached hydrogens (tertiary/aromatic N) is 2. The number of rotatable bonds is 3. The van der Waals surface area contributed by atoms with Gasteiger partial charge in [0.2, 0.25) is 5.91 Å². The molecule has 5 nitrogen and oxygen atoms in total. The minimum absolute atomic E-state index is 0.153. The number of carbonyl (C=O) groups excluding carboxylic acids is 1. The molecule has 0 saturated carbocycles. The number of hydrogen-bond donors (Lipinski definition) is 1. The van der Waals surface area contributed by atoms with Crippen LogP contribution in [0.3, 0.4) is 0 Å². The van der Waals surface area contributed by atoms with Crippen LogP contribution in [0.4, 0.5) is 0 Å². The van der Waals surface area contributed by atoms with E-state index in [1.54, 1.807) is 6.20 Å². The van der Waals surface area contributed by atoms with E-state index >= 15 is 0 Å². The lowest BCUT2D eigenvalue weighted by molar-refractivity contribution is -0.134. The Morgan fingerprint density at radius 3 is 3.16 bits per heavy atom. The number of H-pyrrole nitrogens is 1. The highest BCUT2D eigenvalue weighted by Gasteiger charge is 2.28. The van der Waals surface area contributed by atoms with E-state index in [1.165, 1.54) is 0 Å². The molecule has 2 atom stereocenters. The van der Waals surface area contributed by atoms with Gasteiger partial charge in [-0.1, -0.05) is 0 Å². The largest absolute Gasteiger partial charge is 0.378 e. The van der Waals surface area contributed by atoms with Gasteiger partial charge < -0.3 is 9.64 Å². The van der Waals surface area contributed by atoms with Gasteiger partial charge in [0.15, 0.2) is 0 Å². The molecule has 3 rings (SSSR count). The number of ether oxygens (including phenoxy) is 1. The molecule has 0 unspecified atom stereocenters. The number of aromatic amines is 1. The van der Waals surface area contributed by atoms with Gasteiger partial charge in [-0.2, -0.15) is 5.10 Å². The minimum atomic E-state index is 0.153. The summed E-state index contributed by atoms with van der Waals surface area (Å²) in [5.41, 5.74) is 1.15. The van der Waals surface area contributed by atoms with E-state index in [0.29, 0.717) is 12.3 Å². The van der Waals surface area contributed by atoms with Gasteiger partial charge in [-0.25, -0.2) is 0 Å². The number of likely N-dealkylation sites (tertiary alicyclic amines) is 1. The zero-order valence-corrected chi connectivity index (χ0v) is 11.2. The molecule has 1 amide bonds. The number of nitrogens with one attached hydrogen (secondary N) is 1. The van der Waals surface area contributed by atoms with Gasteiger partial charge in [-0.15, -0.1) is 0 Å². The summed E-state index contributed by atoms with van der Waals surface area (Å²) in [6.07, 6.45) is 6.81. The predicted molar refractivity (Wildman–Crippen MR) is 70.7 cm³/mol. The monoisotopic (exact) mass is 263 g/mol. The molecule has 3 heterocycles. The van der Waals surface area contributed by atoms with Gasteiger partial charge in [-0.3, -0.25) is 9.89 Å². The predicted octanol–water partition coefficient (Wildman–Crippen LogP) is 1.68. The minimum Gasteiger partial charge on any atom is -0.378 e. The first-order valence-corrected chi connectivity index (χ1v) is 7.21. The Kier molecular flexibility index (Phi) is 3.82. The fourth-order valence-corrected chi connectivity index (χ4v) is 3.08. The smallest absolute Gasteiger partial charge is 0.225 e. The van der Waals surface area contributed by atoms with Crippen LogP contribution in [0.5, 0.6) is 0 Å². The molecule has 104 valence electrons. The van der Waals surface area contributed by atoms with E-state index in [2.05, 4.69) is 10.2 Å². The summed E-state index contributed by atoms with van der Waals surface area (Å²) in [4.78, 5) is 14.3. The summed E-state index contributed by atoms with van der Waals surface area (Å²) >= 11 is 0. The molecule has 2 saturated heterocycles. The molecular weight excluding hydrogens is 242 g/mol. The second-order valence-corrected chi connectivity index (χ2v) is 5.53. The van der Waals surface area contributed by atoms with Crippen molar-refractivity contribution in [2.75, 3.05) is 19.7 Å². The summed E-state index contributed by atoms with van der Waals surface area (Å²) in [5, 5.41) is 7.03. The molecule has 0 bridgehead atoms. The third-order valence-electron chi connectivity index (χ3n) is 4.16. The second-order valence-electron chi connectivity index (χ2n) is 5.53. The van der Waals surface area contributed by atoms with E-state index in [1.807, 2.05) is 11.0 Å². The van der Waals surface area contributed by atoms with Crippen LogP contribution in [0, 0.1) is 0 Å². The van der Waals surface area contributed by atoms with E-state index in [9.17, 15) is 4.79 Å². The van der Waals surface area contributed by atoms with Crippen molar-refractivity contribution in [1.82, 2.24) is 15.1 Å². The molecular formula is C14H21N3O2. The Bertz CT molecular complexity index is 412. The summed E-state index contributed by atoms with van der Waals surface area (Å²) in [6.45, 7) is 2.51. The Labute approximate surface area is 113 Å². The lowest BCUT2D eigenvalue weighted by Gasteiger charge is -2.32. The Morgan fingerprint density at radius 2 is 2.42 bits per heavy atom. The van der Waals surface area contributed by atoms with Gasteiger partial charge in [0.05, 0.1) is 12.5 Å². The normalized spacial score (nSPS) is 27.7. The summed E-state index contributed by atoms with van der Waals surface area (Å²) in [5.74, 6) is 0.654. The number of carbonyl (C=O) groups is 1. The fourth-order valence-electron chi connectivity index (χ4n) is 3.08. The molecule has 1 N–H and O–H groups in total. The number of hydrogen-bond acceptors (Lipinski definition) is 3. The SMILES string of the molecule is O=C(C[C@H]1CCCO1)N1CCC[C@H](c2ccn[nH]2)C1. The maximum atomic E-state index is 12.3. The van der Waals surface area contributed by atoms with Crippen LogP contribution in [0.15, 0.2) is 12.3 Å². The van der Waals surface area contributed by atoms with E-state index < -0.39 is 0 Å². The second kappa shape index (κ2) is 5.74. The summed E-state index contributed by atoms with van der Waals surface area (Å²) < 4.78 is 5.55. The first-order valence-electron chi connectivity index (χ1n) is 7.21. The lowest BCUT2D eigenvalue weighted by atomic mass is 9.94. The van der Waals surface area contributed by atoms with E-state index in [0.717, 1.165) is 51.1 Å². The average molecular weight is 263 g/mol. The van der Waals surface area contributed by atoms with Gasteiger partial charge in [0.1, 0.15) is 0 Å². The van der Waals surface area contributed by atoms with Gasteiger partial charge in [0, 0.05) is 37.5 Å². The highest BCUT2D eigenvalue weighted by atomic mass is 16.5. The fraction of sp³-hybridized carbons (Fsp3) is 0.714. The van der Waals surface area contributed by atoms with Crippen molar-refractivity contribution in [3.05, 3.63) is 18.0 Å². The summed E-state index contributed by atoms with van der Waals surface area (Å²) in [7, 11) is 0. The molecule has 0 radical (unpaired) electrons. The number of aromatic nitrogens is 2. The number of amides is 1. The molecule has 0 aromatic carbocycles. The molecule has 19 heavy (non-hydrogen) atoms. The van der Waals surface area contributed by atoms with Crippen molar-refractivity contribution in [2.24, 2.45) is 0 Å². The van der Waals surface area contributed by atoms with Crippen LogP contribution in [0.1, 0.15) is 43.7 Å². The number of piperidine rings is 1. The molecule has 2 fully saturated rings. The highest BCUT2D eigenvalue weighted by Crippen LogP contribution is 2.26. The molecule has 0 aliphatic carbocycles. The van der Waals surface area contributed by atoms with Crippen molar-refractivity contribution in [2.45, 2.75) is 44.1 Å². The topological polar surface area (TPSA) is 58.2 Å². The highest BCUT2D eigenvalue weighted by molar-refractivity contribution is 5.77. The Hall–Kier alpha value is -1.36. The van der Waals surface area contributed by atoms with E-state index in [4.69, 9.17) is 4.74 Å². The zero-order valence-electron chi connectivity index (χ0n) is 11.2. The van der Waals surface area contributed by atoms with Crippen molar-refractivity contribution in [3.63, 3.8) is 0 Å². The Morgan fingerprint density at radius 1 is 1.47 bits per heavy atom. The van der Waals surface area contributed by atoms with Crippen molar-refractivity contribution >= 4 is 5.91 Å². The van der Waals surface area contributed by atoms with Gasteiger partial charge >= 0.3 is 0 Å². The first-order chi connectivity index (χ1) is 9.33. The third kappa shape index (κ3) is 2.97. The van der Waals surface area contributed by atoms with Crippen LogP contribution in [-0.2, 0) is 9.53 Å². The molecule has 2 aliphatic rings. The standard InChI is InChI=1S/C14H21N3O2/c18-14(9-12-4-2-8-19-12)17-7-1-3-11(10-17)13-5-6-15-16-13/h5-6,11-12H,1-4,7-10H2,(H,15,16)/t11-,12+/m0/s1. The van der Waals surface area contributed by atoms with E-state index in [-0.39, 0.29) is 12.0 Å². The Balaban J connectivity index is 1.56. The molecule has 0 spiro atoms. The maximum absolute atomic E-state index is 12.3. The third-order valence-corrected chi connectivity index (χ3v) is 4.16. The quantitative estimate of drug-likeness (QED) is 0.902. The average Bonchev–Trinajstić information content (AvgIpc) is 3.12. The van der Waals surface area contributed by atoms with Crippen molar-refractivity contribution < 1.29 is 9.53 Å². The molecule has 5 heteroatoms. The maximum Gasteiger partial charge on any atom is 0.225 e. The lowest BCUT2D eigenvalue weighted by Crippen LogP contribution is -2.40. The van der Waals surface area contributed by atoms with Crippen LogP contribution in [-0.4, -0.2) is 46.8 Å². The van der Waals surface area contributed by atoms with Crippen molar-refractivity contribution in [1.29, 1.82) is 0 Å². The van der Waals surface area contributed by atoms with Crippen LogP contribution < -0.4 is 0 Å². The van der Waals surface area contributed by atoms with Crippen LogP contribution >= 0.6 is 0 Å². The molecule has 2 aliphatic heterocycles. The molecule has 1 aromatic rings. The first kappa shape index (κ1) is 12.7.